The number of rotatable bonds is 0. The van der Waals surface area contributed by atoms with Gasteiger partial charge in [-0.25, -0.2) is 0 Å². The van der Waals surface area contributed by atoms with E-state index >= 15 is 0 Å². The van der Waals surface area contributed by atoms with Crippen molar-refractivity contribution in [3.63, 3.8) is 0 Å². The maximum absolute atomic E-state index is 8.44. The molecular weight excluding hydrogens is 355 g/mol. The van der Waals surface area contributed by atoms with Crippen LogP contribution in [0.25, 0.3) is 0 Å². The number of hydrogen-bond acceptors (Lipinski definition) is 6. The summed E-state index contributed by atoms with van der Waals surface area (Å²) in [7, 11) is 0. The molecule has 0 aliphatic carbocycles. The van der Waals surface area contributed by atoms with Crippen LogP contribution in [0, 0.1) is 0 Å². The molecule has 0 heterocycles. The van der Waals surface area contributed by atoms with Crippen LogP contribution in [0.15, 0.2) is 0 Å². The molecule has 0 atom stereocenters. The second kappa shape index (κ2) is 11.6. The summed E-state index contributed by atoms with van der Waals surface area (Å²) in [5.41, 5.74) is 0. The molecule has 9 heteroatoms. The van der Waals surface area contributed by atoms with Gasteiger partial charge >= 0.3 is 21.1 Å². The first kappa shape index (κ1) is 16.4. The largest absolute Gasteiger partial charge is 4.00 e. The van der Waals surface area contributed by atoms with Crippen molar-refractivity contribution in [2.45, 2.75) is 0 Å². The van der Waals surface area contributed by atoms with E-state index in [1.807, 2.05) is 0 Å². The standard InChI is InChI=1S/2H2O3S.Pt/c2*1-4(2)3;/h2*(H2,1,2,3);/q;;+4/p-4. The zero-order chi connectivity index (χ0) is 7.15. The normalized spacial score (nSPS) is 7.78. The van der Waals surface area contributed by atoms with Crippen molar-refractivity contribution in [2.24, 2.45) is 0 Å². The van der Waals surface area contributed by atoms with Gasteiger partial charge in [0.05, 0.1) is 0 Å². The monoisotopic (exact) mass is 355 g/mol. The summed E-state index contributed by atoms with van der Waals surface area (Å²) in [5, 5.41) is 0. The molecule has 0 N–H and O–H groups in total. The number of hydrogen-bond donors (Lipinski definition) is 0. The minimum Gasteiger partial charge on any atom is -0.784 e. The van der Waals surface area contributed by atoms with Crippen LogP contribution in [-0.2, 0) is 43.8 Å². The van der Waals surface area contributed by atoms with E-state index in [0.717, 1.165) is 0 Å². The van der Waals surface area contributed by atoms with Crippen LogP contribution in [0.5, 0.6) is 0 Å². The quantitative estimate of drug-likeness (QED) is 0.462. The predicted molar refractivity (Wildman–Crippen MR) is 19.4 cm³/mol. The van der Waals surface area contributed by atoms with Crippen LogP contribution in [0.3, 0.4) is 0 Å². The van der Waals surface area contributed by atoms with Gasteiger partial charge in [-0.1, -0.05) is 0 Å². The van der Waals surface area contributed by atoms with Crippen LogP contribution in [0.1, 0.15) is 0 Å². The summed E-state index contributed by atoms with van der Waals surface area (Å²) in [4.78, 5) is 0. The van der Waals surface area contributed by atoms with Crippen LogP contribution in [-0.4, -0.2) is 26.6 Å². The van der Waals surface area contributed by atoms with Crippen molar-refractivity contribution in [3.05, 3.63) is 0 Å². The maximum atomic E-state index is 8.44. The fourth-order valence-electron chi connectivity index (χ4n) is 0. The Hall–Kier alpha value is 0.828. The molecule has 0 rings (SSSR count). The van der Waals surface area contributed by atoms with Crippen LogP contribution < -0.4 is 0 Å². The Morgan fingerprint density at radius 3 is 0.778 bits per heavy atom. The summed E-state index contributed by atoms with van der Waals surface area (Å²) in [6, 6.07) is 0. The maximum Gasteiger partial charge on any atom is 4.00 e. The fraction of sp³-hybridized carbons (Fsp3) is 0. The van der Waals surface area contributed by atoms with Crippen LogP contribution >= 0.6 is 0 Å². The van der Waals surface area contributed by atoms with E-state index in [0.29, 0.717) is 0 Å². The van der Waals surface area contributed by atoms with Crippen molar-refractivity contribution < 1.29 is 47.7 Å². The molecule has 9 heavy (non-hydrogen) atoms. The minimum atomic E-state index is -3.11. The third-order valence-corrected chi connectivity index (χ3v) is 0. The van der Waals surface area contributed by atoms with Crippen LogP contribution in [0.4, 0.5) is 0 Å². The molecule has 0 bridgehead atoms. The predicted octanol–water partition coefficient (Wildman–Crippen LogP) is -2.01. The van der Waals surface area contributed by atoms with Gasteiger partial charge in [-0.05, 0) is 0 Å². The molecule has 0 aliphatic rings. The van der Waals surface area contributed by atoms with Crippen molar-refractivity contribution in [1.29, 1.82) is 0 Å². The molecule has 0 unspecified atom stereocenters. The molecule has 0 radical (unpaired) electrons. The van der Waals surface area contributed by atoms with Gasteiger partial charge in [0.25, 0.3) is 0 Å². The molecular formula is O6PtS2. The fourth-order valence-corrected chi connectivity index (χ4v) is 0. The molecule has 0 aromatic heterocycles. The van der Waals surface area contributed by atoms with E-state index in [1.165, 1.54) is 0 Å². The molecule has 0 aromatic rings. The topological polar surface area (TPSA) is 126 Å². The van der Waals surface area contributed by atoms with Gasteiger partial charge in [0, 0.05) is 0 Å². The molecule has 0 spiro atoms. The first-order chi connectivity index (χ1) is 3.46. The average Bonchev–Trinajstić information content (AvgIpc) is 1.25. The summed E-state index contributed by atoms with van der Waals surface area (Å²) in [5.74, 6) is 0. The van der Waals surface area contributed by atoms with Crippen molar-refractivity contribution >= 4 is 22.7 Å². The Bertz CT molecular complexity index is 69.1. The molecule has 0 aliphatic heterocycles. The summed E-state index contributed by atoms with van der Waals surface area (Å²) in [6.45, 7) is 0. The van der Waals surface area contributed by atoms with Gasteiger partial charge in [0.2, 0.25) is 0 Å². The molecule has 6 nitrogen and oxygen atoms in total. The summed E-state index contributed by atoms with van der Waals surface area (Å²) >= 11 is -6.22. The molecule has 0 saturated carbocycles. The van der Waals surface area contributed by atoms with E-state index in [-0.39, 0.29) is 21.1 Å². The van der Waals surface area contributed by atoms with Gasteiger partial charge in [0.1, 0.15) is 0 Å². The smallest absolute Gasteiger partial charge is 0.784 e. The summed E-state index contributed by atoms with van der Waals surface area (Å²) in [6.07, 6.45) is 0. The van der Waals surface area contributed by atoms with E-state index in [9.17, 15) is 0 Å². The summed E-state index contributed by atoms with van der Waals surface area (Å²) < 4.78 is 50.7. The van der Waals surface area contributed by atoms with Crippen molar-refractivity contribution in [1.82, 2.24) is 0 Å². The van der Waals surface area contributed by atoms with Gasteiger partial charge in [-0.3, -0.25) is 8.42 Å². The average molecular weight is 355 g/mol. The molecule has 0 fully saturated rings. The van der Waals surface area contributed by atoms with Gasteiger partial charge in [0.15, 0.2) is 0 Å². The molecule has 0 amide bonds. The van der Waals surface area contributed by atoms with Crippen LogP contribution in [0.2, 0.25) is 0 Å². The van der Waals surface area contributed by atoms with E-state index < -0.39 is 22.7 Å². The first-order valence-corrected chi connectivity index (χ1v) is 3.00. The SMILES string of the molecule is O=S([O-])[O-].O=S([O-])[O-].[Pt+4]. The van der Waals surface area contributed by atoms with Crippen molar-refractivity contribution in [2.75, 3.05) is 0 Å². The Morgan fingerprint density at radius 2 is 0.778 bits per heavy atom. The van der Waals surface area contributed by atoms with E-state index in [2.05, 4.69) is 0 Å². The zero-order valence-electron chi connectivity index (χ0n) is 3.58. The Kier molecular flexibility index (Phi) is 21.2. The minimum absolute atomic E-state index is 0. The Morgan fingerprint density at radius 1 is 0.778 bits per heavy atom. The van der Waals surface area contributed by atoms with Gasteiger partial charge in [-0.2, -0.15) is 0 Å². The first-order valence-electron chi connectivity index (χ1n) is 1.00. The van der Waals surface area contributed by atoms with Gasteiger partial charge in [-0.15, -0.1) is 22.7 Å². The van der Waals surface area contributed by atoms with E-state index in [4.69, 9.17) is 26.6 Å². The zero-order valence-corrected chi connectivity index (χ0v) is 7.49. The van der Waals surface area contributed by atoms with E-state index in [1.54, 1.807) is 0 Å². The second-order valence-electron chi connectivity index (χ2n) is 0.408. The third-order valence-electron chi connectivity index (χ3n) is 0. The molecule has 58 valence electrons. The second-order valence-corrected chi connectivity index (χ2v) is 1.22. The van der Waals surface area contributed by atoms with Crippen molar-refractivity contribution in [3.8, 4) is 0 Å². The Labute approximate surface area is 70.5 Å². The molecule has 0 aromatic carbocycles. The third kappa shape index (κ3) is 600. The Balaban J connectivity index is -0.0000000720. The molecule has 0 saturated heterocycles. The van der Waals surface area contributed by atoms with Gasteiger partial charge < -0.3 is 18.2 Å².